The van der Waals surface area contributed by atoms with Crippen LogP contribution in [0.1, 0.15) is 59.0 Å². The van der Waals surface area contributed by atoms with Gasteiger partial charge in [-0.15, -0.1) is 11.3 Å². The van der Waals surface area contributed by atoms with Crippen molar-refractivity contribution in [2.75, 3.05) is 5.32 Å². The van der Waals surface area contributed by atoms with Crippen LogP contribution in [0.4, 0.5) is 5.69 Å². The SMILES string of the molecule is CC(C)c1cccc(NC(=O)c2csc3c2CCCC3)c1. The Bertz CT molecular complexity index is 657. The Morgan fingerprint density at radius 1 is 1.24 bits per heavy atom. The highest BCUT2D eigenvalue weighted by molar-refractivity contribution is 7.10. The first-order chi connectivity index (χ1) is 10.1. The van der Waals surface area contributed by atoms with Gasteiger partial charge in [0, 0.05) is 15.9 Å². The third kappa shape index (κ3) is 3.03. The summed E-state index contributed by atoms with van der Waals surface area (Å²) < 4.78 is 0. The van der Waals surface area contributed by atoms with Crippen LogP contribution in [0.5, 0.6) is 0 Å². The van der Waals surface area contributed by atoms with Gasteiger partial charge in [-0.25, -0.2) is 0 Å². The maximum absolute atomic E-state index is 12.5. The summed E-state index contributed by atoms with van der Waals surface area (Å²) in [5, 5.41) is 5.08. The van der Waals surface area contributed by atoms with Crippen molar-refractivity contribution in [3.63, 3.8) is 0 Å². The Morgan fingerprint density at radius 3 is 2.86 bits per heavy atom. The van der Waals surface area contributed by atoms with Crippen LogP contribution in [-0.4, -0.2) is 5.91 Å². The van der Waals surface area contributed by atoms with Gasteiger partial charge >= 0.3 is 0 Å². The second-order valence-electron chi connectivity index (χ2n) is 5.99. The van der Waals surface area contributed by atoms with E-state index in [0.29, 0.717) is 5.92 Å². The topological polar surface area (TPSA) is 29.1 Å². The van der Waals surface area contributed by atoms with E-state index < -0.39 is 0 Å². The molecule has 3 heteroatoms. The monoisotopic (exact) mass is 299 g/mol. The van der Waals surface area contributed by atoms with Gasteiger partial charge in [-0.3, -0.25) is 4.79 Å². The summed E-state index contributed by atoms with van der Waals surface area (Å²) in [6.07, 6.45) is 4.64. The Kier molecular flexibility index (Phi) is 4.11. The maximum Gasteiger partial charge on any atom is 0.256 e. The molecule has 21 heavy (non-hydrogen) atoms. The number of thiophene rings is 1. The second kappa shape index (κ2) is 6.02. The first-order valence-electron chi connectivity index (χ1n) is 7.65. The molecule has 1 aromatic heterocycles. The minimum Gasteiger partial charge on any atom is -0.322 e. The van der Waals surface area contributed by atoms with E-state index in [1.165, 1.54) is 28.8 Å². The number of amides is 1. The molecule has 0 saturated heterocycles. The summed E-state index contributed by atoms with van der Waals surface area (Å²) in [7, 11) is 0. The number of benzene rings is 1. The highest BCUT2D eigenvalue weighted by atomic mass is 32.1. The number of rotatable bonds is 3. The smallest absolute Gasteiger partial charge is 0.256 e. The van der Waals surface area contributed by atoms with E-state index in [1.807, 2.05) is 17.5 Å². The summed E-state index contributed by atoms with van der Waals surface area (Å²) in [4.78, 5) is 13.9. The van der Waals surface area contributed by atoms with Gasteiger partial charge in [-0.2, -0.15) is 0 Å². The van der Waals surface area contributed by atoms with E-state index >= 15 is 0 Å². The molecule has 0 bridgehead atoms. The first-order valence-corrected chi connectivity index (χ1v) is 8.53. The van der Waals surface area contributed by atoms with Gasteiger partial charge in [0.05, 0.1) is 5.56 Å². The maximum atomic E-state index is 12.5. The number of aryl methyl sites for hydroxylation is 1. The van der Waals surface area contributed by atoms with Crippen LogP contribution >= 0.6 is 11.3 Å². The van der Waals surface area contributed by atoms with Crippen LogP contribution in [-0.2, 0) is 12.8 Å². The lowest BCUT2D eigenvalue weighted by Gasteiger charge is -2.13. The number of anilines is 1. The summed E-state index contributed by atoms with van der Waals surface area (Å²) in [6.45, 7) is 4.33. The van der Waals surface area contributed by atoms with E-state index in [4.69, 9.17) is 0 Å². The predicted molar refractivity (Wildman–Crippen MR) is 89.4 cm³/mol. The van der Waals surface area contributed by atoms with Gasteiger partial charge in [0.25, 0.3) is 5.91 Å². The van der Waals surface area contributed by atoms with E-state index in [2.05, 4.69) is 31.3 Å². The fourth-order valence-electron chi connectivity index (χ4n) is 2.86. The van der Waals surface area contributed by atoms with Crippen molar-refractivity contribution in [3.8, 4) is 0 Å². The van der Waals surface area contributed by atoms with Crippen molar-refractivity contribution in [1.29, 1.82) is 0 Å². The molecule has 1 aliphatic carbocycles. The summed E-state index contributed by atoms with van der Waals surface area (Å²) in [6, 6.07) is 8.14. The van der Waals surface area contributed by atoms with E-state index in [0.717, 1.165) is 24.1 Å². The molecule has 1 aliphatic rings. The predicted octanol–water partition coefficient (Wildman–Crippen LogP) is 5.00. The molecule has 1 heterocycles. The molecule has 2 aromatic rings. The molecular formula is C18H21NOS. The molecule has 0 atom stereocenters. The Hall–Kier alpha value is -1.61. The van der Waals surface area contributed by atoms with E-state index in [-0.39, 0.29) is 5.91 Å². The van der Waals surface area contributed by atoms with Crippen molar-refractivity contribution < 1.29 is 4.79 Å². The fourth-order valence-corrected chi connectivity index (χ4v) is 3.98. The number of carbonyl (C=O) groups excluding carboxylic acids is 1. The largest absolute Gasteiger partial charge is 0.322 e. The van der Waals surface area contributed by atoms with Gasteiger partial charge < -0.3 is 5.32 Å². The fraction of sp³-hybridized carbons (Fsp3) is 0.389. The number of nitrogens with one attached hydrogen (secondary N) is 1. The lowest BCUT2D eigenvalue weighted by atomic mass is 9.95. The summed E-state index contributed by atoms with van der Waals surface area (Å²) in [5.41, 5.74) is 4.30. The average molecular weight is 299 g/mol. The molecule has 1 N–H and O–H groups in total. The Labute approximate surface area is 130 Å². The molecule has 1 aromatic carbocycles. The Balaban J connectivity index is 1.80. The second-order valence-corrected chi connectivity index (χ2v) is 6.96. The van der Waals surface area contributed by atoms with Gasteiger partial charge in [0.1, 0.15) is 0 Å². The van der Waals surface area contributed by atoms with Gasteiger partial charge in [0.15, 0.2) is 0 Å². The molecule has 1 amide bonds. The number of hydrogen-bond donors (Lipinski definition) is 1. The average Bonchev–Trinajstić information content (AvgIpc) is 2.91. The lowest BCUT2D eigenvalue weighted by molar-refractivity contribution is 0.102. The zero-order valence-electron chi connectivity index (χ0n) is 12.6. The number of fused-ring (bicyclic) bond motifs is 1. The van der Waals surface area contributed by atoms with Gasteiger partial charge in [-0.05, 0) is 54.9 Å². The van der Waals surface area contributed by atoms with Crippen LogP contribution in [0.2, 0.25) is 0 Å². The molecule has 0 radical (unpaired) electrons. The Morgan fingerprint density at radius 2 is 2.05 bits per heavy atom. The van der Waals surface area contributed by atoms with Crippen molar-refractivity contribution >= 4 is 22.9 Å². The molecule has 2 nitrogen and oxygen atoms in total. The molecule has 3 rings (SSSR count). The van der Waals surface area contributed by atoms with E-state index in [9.17, 15) is 4.79 Å². The molecule has 0 unspecified atom stereocenters. The molecule has 0 saturated carbocycles. The molecule has 0 fully saturated rings. The number of hydrogen-bond acceptors (Lipinski definition) is 2. The molecular weight excluding hydrogens is 278 g/mol. The van der Waals surface area contributed by atoms with Crippen LogP contribution < -0.4 is 5.32 Å². The molecule has 0 spiro atoms. The minimum absolute atomic E-state index is 0.0373. The highest BCUT2D eigenvalue weighted by Crippen LogP contribution is 2.30. The van der Waals surface area contributed by atoms with Crippen LogP contribution in [0.3, 0.4) is 0 Å². The quantitative estimate of drug-likeness (QED) is 0.848. The number of carbonyl (C=O) groups is 1. The summed E-state index contributed by atoms with van der Waals surface area (Å²) in [5.74, 6) is 0.506. The molecule has 0 aliphatic heterocycles. The normalized spacial score (nSPS) is 14.0. The van der Waals surface area contributed by atoms with Gasteiger partial charge in [0.2, 0.25) is 0 Å². The molecule has 110 valence electrons. The van der Waals surface area contributed by atoms with Crippen molar-refractivity contribution in [1.82, 2.24) is 0 Å². The van der Waals surface area contributed by atoms with Crippen molar-refractivity contribution in [3.05, 3.63) is 51.2 Å². The zero-order valence-corrected chi connectivity index (χ0v) is 13.4. The third-order valence-electron chi connectivity index (χ3n) is 4.12. The van der Waals surface area contributed by atoms with Crippen LogP contribution in [0.15, 0.2) is 29.6 Å². The van der Waals surface area contributed by atoms with Gasteiger partial charge in [-0.1, -0.05) is 26.0 Å². The summed E-state index contributed by atoms with van der Waals surface area (Å²) >= 11 is 1.74. The lowest BCUT2D eigenvalue weighted by Crippen LogP contribution is -2.14. The first kappa shape index (κ1) is 14.3. The highest BCUT2D eigenvalue weighted by Gasteiger charge is 2.20. The third-order valence-corrected chi connectivity index (χ3v) is 5.21. The van der Waals surface area contributed by atoms with Crippen molar-refractivity contribution in [2.24, 2.45) is 0 Å². The van der Waals surface area contributed by atoms with Crippen LogP contribution in [0.25, 0.3) is 0 Å². The zero-order chi connectivity index (χ0) is 14.8. The van der Waals surface area contributed by atoms with Crippen molar-refractivity contribution in [2.45, 2.75) is 45.4 Å². The van der Waals surface area contributed by atoms with E-state index in [1.54, 1.807) is 11.3 Å². The minimum atomic E-state index is 0.0373. The standard InChI is InChI=1S/C18H21NOS/c1-12(2)13-6-5-7-14(10-13)19-18(20)16-11-21-17-9-4-3-8-15(16)17/h5-7,10-12H,3-4,8-9H2,1-2H3,(H,19,20). The van der Waals surface area contributed by atoms with Crippen LogP contribution in [0, 0.1) is 0 Å².